The molecular weight excluding hydrogens is 249 g/mol. The molecule has 0 saturated carbocycles. The van der Waals surface area contributed by atoms with Gasteiger partial charge in [-0.1, -0.05) is 13.0 Å². The third-order valence-corrected chi connectivity index (χ3v) is 2.18. The Bertz CT molecular complexity index is 427. The lowest BCUT2D eigenvalue weighted by Gasteiger charge is -2.13. The van der Waals surface area contributed by atoms with Crippen LogP contribution in [0.1, 0.15) is 29.8 Å². The third-order valence-electron chi connectivity index (χ3n) is 2.18. The lowest BCUT2D eigenvalue weighted by molar-refractivity contribution is -0.274. The van der Waals surface area contributed by atoms with Crippen LogP contribution in [0.15, 0.2) is 18.2 Å². The van der Waals surface area contributed by atoms with E-state index in [9.17, 15) is 18.0 Å². The summed E-state index contributed by atoms with van der Waals surface area (Å²) in [5.74, 6) is -1.04. The Balaban J connectivity index is 3.05. The van der Waals surface area contributed by atoms with E-state index in [1.165, 1.54) is 12.1 Å². The molecule has 100 valence electrons. The van der Waals surface area contributed by atoms with Crippen molar-refractivity contribution in [1.29, 1.82) is 0 Å². The first kappa shape index (κ1) is 14.3. The highest BCUT2D eigenvalue weighted by atomic mass is 19.4. The minimum Gasteiger partial charge on any atom is -0.462 e. The van der Waals surface area contributed by atoms with E-state index >= 15 is 0 Å². The van der Waals surface area contributed by atoms with E-state index in [2.05, 4.69) is 4.74 Å². The molecule has 0 unspecified atom stereocenters. The van der Waals surface area contributed by atoms with Gasteiger partial charge in [0.2, 0.25) is 0 Å². The molecule has 0 heterocycles. The van der Waals surface area contributed by atoms with Gasteiger partial charge in [0.05, 0.1) is 12.2 Å². The largest absolute Gasteiger partial charge is 0.573 e. The number of hydrogen-bond acceptors (Lipinski definition) is 3. The summed E-state index contributed by atoms with van der Waals surface area (Å²) in [5.41, 5.74) is 0.411. The predicted octanol–water partition coefficient (Wildman–Crippen LogP) is 3.32. The van der Waals surface area contributed by atoms with Crippen LogP contribution in [0, 0.1) is 0 Å². The van der Waals surface area contributed by atoms with Crippen LogP contribution < -0.4 is 4.74 Å². The highest BCUT2D eigenvalue weighted by molar-refractivity contribution is 5.90. The molecule has 0 aliphatic carbocycles. The summed E-state index contributed by atoms with van der Waals surface area (Å²) in [4.78, 5) is 11.4. The van der Waals surface area contributed by atoms with Gasteiger partial charge in [-0.3, -0.25) is 0 Å². The molecule has 0 spiro atoms. The monoisotopic (exact) mass is 262 g/mol. The van der Waals surface area contributed by atoms with E-state index in [0.29, 0.717) is 12.0 Å². The lowest BCUT2D eigenvalue weighted by Crippen LogP contribution is -2.18. The number of carbonyl (C=O) groups is 1. The number of hydrogen-bond donors (Lipinski definition) is 0. The Hall–Kier alpha value is -1.72. The van der Waals surface area contributed by atoms with Crippen LogP contribution in [0.5, 0.6) is 5.75 Å². The minimum atomic E-state index is -4.78. The number of alkyl halides is 3. The first-order chi connectivity index (χ1) is 8.37. The number of benzene rings is 1. The molecule has 1 aromatic rings. The number of aryl methyl sites for hydroxylation is 1. The number of rotatable bonds is 4. The first-order valence-electron chi connectivity index (χ1n) is 5.43. The highest BCUT2D eigenvalue weighted by Gasteiger charge is 2.32. The van der Waals surface area contributed by atoms with Crippen molar-refractivity contribution in [2.75, 3.05) is 6.61 Å². The van der Waals surface area contributed by atoms with Gasteiger partial charge in [0.15, 0.2) is 0 Å². The van der Waals surface area contributed by atoms with Gasteiger partial charge in [-0.2, -0.15) is 0 Å². The van der Waals surface area contributed by atoms with Gasteiger partial charge in [0, 0.05) is 0 Å². The summed E-state index contributed by atoms with van der Waals surface area (Å²) in [6, 6.07) is 3.89. The van der Waals surface area contributed by atoms with Crippen molar-refractivity contribution in [3.63, 3.8) is 0 Å². The molecule has 0 fully saturated rings. The fourth-order valence-corrected chi connectivity index (χ4v) is 1.41. The second-order valence-corrected chi connectivity index (χ2v) is 3.44. The molecule has 1 rings (SSSR count). The van der Waals surface area contributed by atoms with Crippen molar-refractivity contribution < 1.29 is 27.4 Å². The molecule has 0 saturated heterocycles. The average Bonchev–Trinajstić information content (AvgIpc) is 2.27. The second kappa shape index (κ2) is 5.75. The average molecular weight is 262 g/mol. The fraction of sp³-hybridized carbons (Fsp3) is 0.417. The second-order valence-electron chi connectivity index (χ2n) is 3.44. The minimum absolute atomic E-state index is 0.0355. The molecule has 0 bridgehead atoms. The molecule has 1 aromatic carbocycles. The summed E-state index contributed by atoms with van der Waals surface area (Å²) in [5, 5.41) is 0. The Morgan fingerprint density at radius 3 is 2.44 bits per heavy atom. The third kappa shape index (κ3) is 3.94. The summed E-state index contributed by atoms with van der Waals surface area (Å²) in [7, 11) is 0. The summed E-state index contributed by atoms with van der Waals surface area (Å²) < 4.78 is 45.2. The van der Waals surface area contributed by atoms with Gasteiger partial charge >= 0.3 is 12.3 Å². The van der Waals surface area contributed by atoms with E-state index in [1.54, 1.807) is 13.8 Å². The standard InChI is InChI=1S/C12H13F3O3/c1-3-8-5-6-9(11(16)17-4-2)7-10(8)18-12(13,14)15/h5-7H,3-4H2,1-2H3. The Morgan fingerprint density at radius 1 is 1.28 bits per heavy atom. The van der Waals surface area contributed by atoms with Crippen molar-refractivity contribution >= 4 is 5.97 Å². The zero-order valence-electron chi connectivity index (χ0n) is 10.0. The highest BCUT2D eigenvalue weighted by Crippen LogP contribution is 2.28. The van der Waals surface area contributed by atoms with Gasteiger partial charge in [0.1, 0.15) is 5.75 Å². The quantitative estimate of drug-likeness (QED) is 0.781. The van der Waals surface area contributed by atoms with E-state index < -0.39 is 12.3 Å². The maximum Gasteiger partial charge on any atom is 0.573 e. The number of esters is 1. The van der Waals surface area contributed by atoms with Gasteiger partial charge in [-0.15, -0.1) is 13.2 Å². The molecular formula is C12H13F3O3. The van der Waals surface area contributed by atoms with Crippen LogP contribution in [0.25, 0.3) is 0 Å². The number of carbonyl (C=O) groups excluding carboxylic acids is 1. The molecule has 0 atom stereocenters. The molecule has 0 aliphatic rings. The summed E-state index contributed by atoms with van der Waals surface area (Å²) in [6.07, 6.45) is -4.41. The molecule has 3 nitrogen and oxygen atoms in total. The Morgan fingerprint density at radius 2 is 1.94 bits per heavy atom. The summed E-state index contributed by atoms with van der Waals surface area (Å²) >= 11 is 0. The molecule has 0 radical (unpaired) electrons. The predicted molar refractivity (Wildman–Crippen MR) is 58.5 cm³/mol. The Labute approximate surface area is 103 Å². The molecule has 0 amide bonds. The van der Waals surface area contributed by atoms with E-state index in [4.69, 9.17) is 4.74 Å². The SMILES string of the molecule is CCOC(=O)c1ccc(CC)c(OC(F)(F)F)c1. The zero-order chi connectivity index (χ0) is 13.8. The van der Waals surface area contributed by atoms with Crippen molar-refractivity contribution in [3.8, 4) is 5.75 Å². The zero-order valence-corrected chi connectivity index (χ0v) is 10.0. The topological polar surface area (TPSA) is 35.5 Å². The normalized spacial score (nSPS) is 11.2. The number of ether oxygens (including phenoxy) is 2. The fourth-order valence-electron chi connectivity index (χ4n) is 1.41. The van der Waals surface area contributed by atoms with Crippen LogP contribution in [0.4, 0.5) is 13.2 Å². The molecule has 6 heteroatoms. The lowest BCUT2D eigenvalue weighted by atomic mass is 10.1. The Kier molecular flexibility index (Phi) is 4.58. The van der Waals surface area contributed by atoms with Crippen LogP contribution in [0.2, 0.25) is 0 Å². The smallest absolute Gasteiger partial charge is 0.462 e. The summed E-state index contributed by atoms with van der Waals surface area (Å²) in [6.45, 7) is 3.47. The van der Waals surface area contributed by atoms with E-state index in [1.807, 2.05) is 0 Å². The van der Waals surface area contributed by atoms with Crippen molar-refractivity contribution in [2.45, 2.75) is 26.6 Å². The maximum atomic E-state index is 12.2. The number of halogens is 3. The molecule has 0 aromatic heterocycles. The molecule has 18 heavy (non-hydrogen) atoms. The molecule has 0 N–H and O–H groups in total. The van der Waals surface area contributed by atoms with Gasteiger partial charge in [-0.05, 0) is 31.0 Å². The van der Waals surface area contributed by atoms with Gasteiger partial charge in [-0.25, -0.2) is 4.79 Å². The maximum absolute atomic E-state index is 12.2. The van der Waals surface area contributed by atoms with Crippen molar-refractivity contribution in [2.24, 2.45) is 0 Å². The molecule has 0 aliphatic heterocycles. The van der Waals surface area contributed by atoms with Gasteiger partial charge < -0.3 is 9.47 Å². The van der Waals surface area contributed by atoms with Crippen LogP contribution in [-0.4, -0.2) is 18.9 Å². The first-order valence-corrected chi connectivity index (χ1v) is 5.43. The van der Waals surface area contributed by atoms with Crippen LogP contribution >= 0.6 is 0 Å². The van der Waals surface area contributed by atoms with Crippen molar-refractivity contribution in [1.82, 2.24) is 0 Å². The van der Waals surface area contributed by atoms with E-state index in [0.717, 1.165) is 6.07 Å². The van der Waals surface area contributed by atoms with E-state index in [-0.39, 0.29) is 17.9 Å². The van der Waals surface area contributed by atoms with Gasteiger partial charge in [0.25, 0.3) is 0 Å². The van der Waals surface area contributed by atoms with Crippen LogP contribution in [0.3, 0.4) is 0 Å². The van der Waals surface area contributed by atoms with Crippen LogP contribution in [-0.2, 0) is 11.2 Å². The van der Waals surface area contributed by atoms with Crippen molar-refractivity contribution in [3.05, 3.63) is 29.3 Å².